The number of thiocarbonyl (C=S) groups is 1. The van der Waals surface area contributed by atoms with Crippen LogP contribution in [0.1, 0.15) is 11.1 Å². The molecule has 1 heterocycles. The standard InChI is InChI=1S/C24H16BrCl2NO3S2/c1-30-20-4-2-3-14(22(20)31-13-15-5-8-17(26)12-19(15)27)11-21-23(29)28(24(32)33-21)18-9-6-16(25)7-10-18/h2-12H,13H2,1H3/b21-11+. The Morgan fingerprint density at radius 3 is 2.58 bits per heavy atom. The lowest BCUT2D eigenvalue weighted by atomic mass is 10.1. The van der Waals surface area contributed by atoms with Gasteiger partial charge < -0.3 is 9.47 Å². The van der Waals surface area contributed by atoms with E-state index in [4.69, 9.17) is 44.9 Å². The van der Waals surface area contributed by atoms with Crippen LogP contribution in [0.3, 0.4) is 0 Å². The van der Waals surface area contributed by atoms with Crippen LogP contribution < -0.4 is 14.4 Å². The number of carbonyl (C=O) groups is 1. The summed E-state index contributed by atoms with van der Waals surface area (Å²) in [6, 6.07) is 18.1. The molecule has 0 saturated carbocycles. The molecule has 1 aliphatic heterocycles. The lowest BCUT2D eigenvalue weighted by molar-refractivity contribution is -0.113. The zero-order valence-electron chi connectivity index (χ0n) is 17.2. The number of ether oxygens (including phenoxy) is 2. The molecule has 1 saturated heterocycles. The predicted octanol–water partition coefficient (Wildman–Crippen LogP) is 7.75. The summed E-state index contributed by atoms with van der Waals surface area (Å²) in [6.45, 7) is 0.205. The third kappa shape index (κ3) is 5.39. The fraction of sp³-hybridized carbons (Fsp3) is 0.0833. The van der Waals surface area contributed by atoms with Crippen LogP contribution in [0.4, 0.5) is 5.69 Å². The Bertz CT molecular complexity index is 1270. The number of para-hydroxylation sites is 1. The van der Waals surface area contributed by atoms with Gasteiger partial charge in [-0.05, 0) is 48.5 Å². The first kappa shape index (κ1) is 24.1. The number of anilines is 1. The first-order valence-electron chi connectivity index (χ1n) is 9.64. The Kier molecular flexibility index (Phi) is 7.66. The molecule has 0 aliphatic carbocycles. The van der Waals surface area contributed by atoms with Crippen molar-refractivity contribution in [3.05, 3.63) is 91.2 Å². The third-order valence-electron chi connectivity index (χ3n) is 4.78. The van der Waals surface area contributed by atoms with E-state index < -0.39 is 0 Å². The molecule has 0 bridgehead atoms. The molecule has 3 aromatic carbocycles. The van der Waals surface area contributed by atoms with Crippen LogP contribution in [0.5, 0.6) is 11.5 Å². The number of hydrogen-bond acceptors (Lipinski definition) is 5. The first-order valence-corrected chi connectivity index (χ1v) is 12.4. The van der Waals surface area contributed by atoms with Gasteiger partial charge in [-0.1, -0.05) is 81.3 Å². The number of carbonyl (C=O) groups excluding carboxylic acids is 1. The Morgan fingerprint density at radius 1 is 1.12 bits per heavy atom. The molecule has 4 nitrogen and oxygen atoms in total. The maximum absolute atomic E-state index is 13.2. The molecule has 1 amide bonds. The Labute approximate surface area is 219 Å². The van der Waals surface area contributed by atoms with E-state index in [1.807, 2.05) is 42.5 Å². The third-order valence-corrected chi connectivity index (χ3v) is 7.20. The van der Waals surface area contributed by atoms with Gasteiger partial charge in [-0.15, -0.1) is 0 Å². The van der Waals surface area contributed by atoms with Gasteiger partial charge in [0.15, 0.2) is 15.8 Å². The Morgan fingerprint density at radius 2 is 1.88 bits per heavy atom. The van der Waals surface area contributed by atoms with Gasteiger partial charge in [0.1, 0.15) is 6.61 Å². The highest BCUT2D eigenvalue weighted by Crippen LogP contribution is 2.40. The molecule has 1 aliphatic rings. The highest BCUT2D eigenvalue weighted by atomic mass is 79.9. The van der Waals surface area contributed by atoms with E-state index in [-0.39, 0.29) is 12.5 Å². The SMILES string of the molecule is COc1cccc(/C=C2/SC(=S)N(c3ccc(Br)cc3)C2=O)c1OCc1ccc(Cl)cc1Cl. The number of thioether (sulfide) groups is 1. The van der Waals surface area contributed by atoms with Crippen molar-refractivity contribution in [3.63, 3.8) is 0 Å². The lowest BCUT2D eigenvalue weighted by Gasteiger charge is -2.15. The average molecular weight is 581 g/mol. The van der Waals surface area contributed by atoms with E-state index in [9.17, 15) is 4.79 Å². The van der Waals surface area contributed by atoms with Crippen LogP contribution >= 0.6 is 63.1 Å². The second-order valence-corrected chi connectivity index (χ2v) is 10.3. The summed E-state index contributed by atoms with van der Waals surface area (Å²) < 4.78 is 13.0. The van der Waals surface area contributed by atoms with Crippen LogP contribution in [0, 0.1) is 0 Å². The van der Waals surface area contributed by atoms with Gasteiger partial charge in [-0.2, -0.15) is 0 Å². The van der Waals surface area contributed by atoms with Gasteiger partial charge in [0, 0.05) is 25.6 Å². The number of hydrogen-bond donors (Lipinski definition) is 0. The van der Waals surface area contributed by atoms with Crippen LogP contribution in [-0.2, 0) is 11.4 Å². The lowest BCUT2D eigenvalue weighted by Crippen LogP contribution is -2.27. The minimum atomic E-state index is -0.193. The van der Waals surface area contributed by atoms with Gasteiger partial charge >= 0.3 is 0 Å². The van der Waals surface area contributed by atoms with Crippen molar-refractivity contribution in [3.8, 4) is 11.5 Å². The summed E-state index contributed by atoms with van der Waals surface area (Å²) in [7, 11) is 1.56. The normalized spacial score (nSPS) is 14.8. The smallest absolute Gasteiger partial charge is 0.270 e. The zero-order chi connectivity index (χ0) is 23.5. The molecule has 3 aromatic rings. The zero-order valence-corrected chi connectivity index (χ0v) is 21.9. The summed E-state index contributed by atoms with van der Waals surface area (Å²) in [5, 5.41) is 1.06. The van der Waals surface area contributed by atoms with E-state index in [0.717, 1.165) is 10.0 Å². The predicted molar refractivity (Wildman–Crippen MR) is 144 cm³/mol. The fourth-order valence-corrected chi connectivity index (χ4v) is 5.19. The Balaban J connectivity index is 1.64. The maximum atomic E-state index is 13.2. The molecule has 0 spiro atoms. The quantitative estimate of drug-likeness (QED) is 0.220. The van der Waals surface area contributed by atoms with Crippen LogP contribution in [-0.4, -0.2) is 17.3 Å². The van der Waals surface area contributed by atoms with Crippen LogP contribution in [0.15, 0.2) is 70.0 Å². The van der Waals surface area contributed by atoms with E-state index in [2.05, 4.69) is 15.9 Å². The first-order chi connectivity index (χ1) is 15.9. The second-order valence-electron chi connectivity index (χ2n) is 6.90. The Hall–Kier alpha value is -2.03. The second kappa shape index (κ2) is 10.5. The van der Waals surface area contributed by atoms with Crippen molar-refractivity contribution in [1.29, 1.82) is 0 Å². The molecule has 0 atom stereocenters. The number of nitrogens with zero attached hydrogens (tertiary/aromatic N) is 1. The van der Waals surface area contributed by atoms with E-state index in [1.165, 1.54) is 16.7 Å². The molecular formula is C24H16BrCl2NO3S2. The van der Waals surface area contributed by atoms with Gasteiger partial charge in [-0.3, -0.25) is 9.69 Å². The van der Waals surface area contributed by atoms with Crippen LogP contribution in [0.25, 0.3) is 6.08 Å². The van der Waals surface area contributed by atoms with Gasteiger partial charge in [0.05, 0.1) is 17.7 Å². The highest BCUT2D eigenvalue weighted by Gasteiger charge is 2.33. The molecule has 0 aromatic heterocycles. The van der Waals surface area contributed by atoms with E-state index in [0.29, 0.717) is 42.0 Å². The molecule has 1 fully saturated rings. The summed E-state index contributed by atoms with van der Waals surface area (Å²) >= 11 is 22.4. The summed E-state index contributed by atoms with van der Waals surface area (Å²) in [6.07, 6.45) is 1.76. The molecule has 0 radical (unpaired) electrons. The molecule has 0 unspecified atom stereocenters. The molecule has 33 heavy (non-hydrogen) atoms. The van der Waals surface area contributed by atoms with Crippen molar-refractivity contribution in [2.75, 3.05) is 12.0 Å². The molecule has 9 heteroatoms. The van der Waals surface area contributed by atoms with Gasteiger partial charge in [0.2, 0.25) is 0 Å². The van der Waals surface area contributed by atoms with Crippen molar-refractivity contribution >= 4 is 85.1 Å². The minimum absolute atomic E-state index is 0.193. The average Bonchev–Trinajstić information content (AvgIpc) is 3.07. The molecule has 4 rings (SSSR count). The topological polar surface area (TPSA) is 38.8 Å². The summed E-state index contributed by atoms with van der Waals surface area (Å²) in [5.74, 6) is 0.846. The number of amides is 1. The largest absolute Gasteiger partial charge is 0.493 e. The summed E-state index contributed by atoms with van der Waals surface area (Å²) in [5.41, 5.74) is 2.18. The monoisotopic (exact) mass is 579 g/mol. The number of halogens is 3. The summed E-state index contributed by atoms with van der Waals surface area (Å²) in [4.78, 5) is 15.2. The highest BCUT2D eigenvalue weighted by molar-refractivity contribution is 9.10. The fourth-order valence-electron chi connectivity index (χ4n) is 3.17. The van der Waals surface area contributed by atoms with Crippen LogP contribution in [0.2, 0.25) is 10.0 Å². The molecule has 0 N–H and O–H groups in total. The van der Waals surface area contributed by atoms with Crippen molar-refractivity contribution in [2.24, 2.45) is 0 Å². The van der Waals surface area contributed by atoms with Gasteiger partial charge in [0.25, 0.3) is 5.91 Å². The molecule has 168 valence electrons. The number of methoxy groups -OCH3 is 1. The maximum Gasteiger partial charge on any atom is 0.270 e. The van der Waals surface area contributed by atoms with Crippen molar-refractivity contribution in [1.82, 2.24) is 0 Å². The van der Waals surface area contributed by atoms with E-state index in [1.54, 1.807) is 31.4 Å². The van der Waals surface area contributed by atoms with Crippen molar-refractivity contribution in [2.45, 2.75) is 6.61 Å². The van der Waals surface area contributed by atoms with Gasteiger partial charge in [-0.25, -0.2) is 0 Å². The number of rotatable bonds is 6. The van der Waals surface area contributed by atoms with E-state index >= 15 is 0 Å². The van der Waals surface area contributed by atoms with Crippen molar-refractivity contribution < 1.29 is 14.3 Å². The molecular weight excluding hydrogens is 565 g/mol. The minimum Gasteiger partial charge on any atom is -0.493 e. The number of benzene rings is 3.